The molecule has 19 heavy (non-hydrogen) atoms. The fourth-order valence-corrected chi connectivity index (χ4v) is 5.24. The van der Waals surface area contributed by atoms with Crippen LogP contribution in [-0.2, 0) is 22.6 Å². The first-order valence-corrected chi connectivity index (χ1v) is 9.30. The van der Waals surface area contributed by atoms with Crippen LogP contribution < -0.4 is 0 Å². The number of sulfone groups is 1. The molecule has 1 fully saturated rings. The van der Waals surface area contributed by atoms with Crippen molar-refractivity contribution in [3.8, 4) is 0 Å². The van der Waals surface area contributed by atoms with Crippen LogP contribution in [0.25, 0.3) is 0 Å². The molecule has 1 saturated carbocycles. The average molecular weight is 349 g/mol. The lowest BCUT2D eigenvalue weighted by Crippen LogP contribution is -2.30. The van der Waals surface area contributed by atoms with Gasteiger partial charge in [0.15, 0.2) is 9.84 Å². The van der Waals surface area contributed by atoms with Gasteiger partial charge in [-0.15, -0.1) is 0 Å². The smallest absolute Gasteiger partial charge is 0.158 e. The van der Waals surface area contributed by atoms with Gasteiger partial charge in [0, 0.05) is 13.2 Å². The molecule has 0 N–H and O–H groups in total. The lowest BCUT2D eigenvalue weighted by Gasteiger charge is -2.27. The average Bonchev–Trinajstić information content (AvgIpc) is 2.67. The van der Waals surface area contributed by atoms with Crippen LogP contribution in [0.4, 0.5) is 0 Å². The number of aromatic nitrogens is 2. The summed E-state index contributed by atoms with van der Waals surface area (Å²) in [5, 5.41) is 3.95. The van der Waals surface area contributed by atoms with Crippen molar-refractivity contribution in [2.75, 3.05) is 0 Å². The van der Waals surface area contributed by atoms with Crippen LogP contribution in [0.1, 0.15) is 44.7 Å². The minimum Gasteiger partial charge on any atom is -0.274 e. The van der Waals surface area contributed by atoms with E-state index in [1.165, 1.54) is 6.42 Å². The largest absolute Gasteiger partial charge is 0.274 e. The van der Waals surface area contributed by atoms with Gasteiger partial charge in [-0.3, -0.25) is 4.68 Å². The van der Waals surface area contributed by atoms with Crippen LogP contribution in [0.2, 0.25) is 0 Å². The first-order valence-electron chi connectivity index (χ1n) is 6.80. The molecule has 1 atom stereocenters. The molecule has 4 nitrogen and oxygen atoms in total. The zero-order chi connectivity index (χ0) is 14.0. The number of aryl methyl sites for hydroxylation is 1. The standard InChI is InChI=1S/C13H21BrN2O2S/c1-10(11-6-4-3-5-7-11)19(17,18)9-13-12(14)8-16(2)15-13/h8,10-11H,3-7,9H2,1-2H3. The van der Waals surface area contributed by atoms with E-state index in [9.17, 15) is 8.42 Å². The highest BCUT2D eigenvalue weighted by Gasteiger charge is 2.31. The molecule has 1 unspecified atom stereocenters. The van der Waals surface area contributed by atoms with E-state index in [0.29, 0.717) is 11.6 Å². The van der Waals surface area contributed by atoms with E-state index in [-0.39, 0.29) is 11.0 Å². The second-order valence-corrected chi connectivity index (χ2v) is 8.72. The minimum atomic E-state index is -3.13. The Hall–Kier alpha value is -0.360. The lowest BCUT2D eigenvalue weighted by molar-refractivity contribution is 0.348. The zero-order valence-corrected chi connectivity index (χ0v) is 13.9. The molecule has 6 heteroatoms. The molecule has 0 bridgehead atoms. The third-order valence-corrected chi connectivity index (χ3v) is 6.93. The summed E-state index contributed by atoms with van der Waals surface area (Å²) in [6.07, 6.45) is 7.45. The Bertz CT molecular complexity index is 533. The van der Waals surface area contributed by atoms with Gasteiger partial charge in [0.25, 0.3) is 0 Å². The van der Waals surface area contributed by atoms with Crippen LogP contribution in [0.3, 0.4) is 0 Å². The van der Waals surface area contributed by atoms with Crippen molar-refractivity contribution < 1.29 is 8.42 Å². The predicted octanol–water partition coefficient (Wildman–Crippen LogP) is 3.07. The molecule has 108 valence electrons. The first-order chi connectivity index (χ1) is 8.90. The van der Waals surface area contributed by atoms with Crippen LogP contribution >= 0.6 is 15.9 Å². The fraction of sp³-hybridized carbons (Fsp3) is 0.769. The summed E-state index contributed by atoms with van der Waals surface area (Å²) in [7, 11) is -1.33. The van der Waals surface area contributed by atoms with Gasteiger partial charge in [-0.25, -0.2) is 8.42 Å². The number of hydrogen-bond acceptors (Lipinski definition) is 3. The van der Waals surface area contributed by atoms with Gasteiger partial charge < -0.3 is 0 Å². The molecule has 1 aromatic heterocycles. The van der Waals surface area contributed by atoms with Crippen molar-refractivity contribution >= 4 is 25.8 Å². The molecule has 0 radical (unpaired) electrons. The molecular weight excluding hydrogens is 328 g/mol. The molecule has 0 aromatic carbocycles. The molecule has 1 aromatic rings. The number of hydrogen-bond donors (Lipinski definition) is 0. The Morgan fingerprint density at radius 2 is 2.05 bits per heavy atom. The van der Waals surface area contributed by atoms with Gasteiger partial charge in [0.1, 0.15) is 0 Å². The number of halogens is 1. The number of rotatable bonds is 4. The topological polar surface area (TPSA) is 52.0 Å². The van der Waals surface area contributed by atoms with E-state index < -0.39 is 9.84 Å². The summed E-state index contributed by atoms with van der Waals surface area (Å²) in [5.74, 6) is 0.354. The third-order valence-electron chi connectivity index (χ3n) is 4.07. The zero-order valence-electron chi connectivity index (χ0n) is 11.5. The van der Waals surface area contributed by atoms with E-state index in [0.717, 1.165) is 30.2 Å². The van der Waals surface area contributed by atoms with Crippen molar-refractivity contribution in [1.29, 1.82) is 0 Å². The van der Waals surface area contributed by atoms with E-state index in [2.05, 4.69) is 21.0 Å². The highest BCUT2D eigenvalue weighted by atomic mass is 79.9. The molecule has 0 spiro atoms. The molecule has 1 aliphatic rings. The van der Waals surface area contributed by atoms with E-state index >= 15 is 0 Å². The second-order valence-electron chi connectivity index (χ2n) is 5.51. The Labute approximate surface area is 123 Å². The van der Waals surface area contributed by atoms with Crippen LogP contribution in [-0.4, -0.2) is 23.4 Å². The summed E-state index contributed by atoms with van der Waals surface area (Å²) in [6.45, 7) is 1.86. The third kappa shape index (κ3) is 3.60. The van der Waals surface area contributed by atoms with Gasteiger partial charge in [0.05, 0.1) is 21.2 Å². The van der Waals surface area contributed by atoms with E-state index in [4.69, 9.17) is 0 Å². The highest BCUT2D eigenvalue weighted by Crippen LogP contribution is 2.31. The lowest BCUT2D eigenvalue weighted by atomic mass is 9.87. The second kappa shape index (κ2) is 5.95. The Kier molecular flexibility index (Phi) is 4.71. The molecule has 1 heterocycles. The summed E-state index contributed by atoms with van der Waals surface area (Å²) in [6, 6.07) is 0. The van der Waals surface area contributed by atoms with Crippen molar-refractivity contribution in [1.82, 2.24) is 9.78 Å². The summed E-state index contributed by atoms with van der Waals surface area (Å²) < 4.78 is 27.4. The van der Waals surface area contributed by atoms with E-state index in [1.807, 2.05) is 6.92 Å². The molecule has 1 aliphatic carbocycles. The van der Waals surface area contributed by atoms with Gasteiger partial charge in [-0.1, -0.05) is 19.3 Å². The quantitative estimate of drug-likeness (QED) is 0.839. The highest BCUT2D eigenvalue weighted by molar-refractivity contribution is 9.10. The SMILES string of the molecule is CC(C1CCCCC1)S(=O)(=O)Cc1nn(C)cc1Br. The van der Waals surface area contributed by atoms with Crippen molar-refractivity contribution in [3.05, 3.63) is 16.4 Å². The van der Waals surface area contributed by atoms with Crippen LogP contribution in [0, 0.1) is 5.92 Å². The van der Waals surface area contributed by atoms with Crippen LogP contribution in [0.15, 0.2) is 10.7 Å². The number of nitrogens with zero attached hydrogens (tertiary/aromatic N) is 2. The summed E-state index contributed by atoms with van der Waals surface area (Å²) in [5.41, 5.74) is 0.616. The van der Waals surface area contributed by atoms with Gasteiger partial charge >= 0.3 is 0 Å². The van der Waals surface area contributed by atoms with Gasteiger partial charge in [-0.2, -0.15) is 5.10 Å². The predicted molar refractivity (Wildman–Crippen MR) is 79.6 cm³/mol. The maximum Gasteiger partial charge on any atom is 0.158 e. The fourth-order valence-electron chi connectivity index (χ4n) is 2.82. The Balaban J connectivity index is 2.11. The monoisotopic (exact) mass is 348 g/mol. The maximum absolute atomic E-state index is 12.5. The first kappa shape index (κ1) is 15.0. The Morgan fingerprint density at radius 3 is 2.58 bits per heavy atom. The summed E-state index contributed by atoms with van der Waals surface area (Å²) in [4.78, 5) is 0. The molecule has 2 rings (SSSR count). The molecule has 0 aliphatic heterocycles. The van der Waals surface area contributed by atoms with Gasteiger partial charge in [-0.05, 0) is 41.6 Å². The molecule has 0 saturated heterocycles. The van der Waals surface area contributed by atoms with Gasteiger partial charge in [0.2, 0.25) is 0 Å². The Morgan fingerprint density at radius 1 is 1.42 bits per heavy atom. The van der Waals surface area contributed by atoms with Crippen molar-refractivity contribution in [2.24, 2.45) is 13.0 Å². The minimum absolute atomic E-state index is 0.0338. The normalized spacial score (nSPS) is 19.5. The summed E-state index contributed by atoms with van der Waals surface area (Å²) >= 11 is 3.37. The van der Waals surface area contributed by atoms with Crippen molar-refractivity contribution in [2.45, 2.75) is 50.0 Å². The maximum atomic E-state index is 12.5. The van der Waals surface area contributed by atoms with E-state index in [1.54, 1.807) is 17.9 Å². The molecule has 0 amide bonds. The van der Waals surface area contributed by atoms with Crippen LogP contribution in [0.5, 0.6) is 0 Å². The molecular formula is C13H21BrN2O2S. The van der Waals surface area contributed by atoms with Crippen molar-refractivity contribution in [3.63, 3.8) is 0 Å².